The first kappa shape index (κ1) is 13.1. The van der Waals surface area contributed by atoms with Crippen molar-refractivity contribution in [3.8, 4) is 5.75 Å². The van der Waals surface area contributed by atoms with Gasteiger partial charge in [0.05, 0.1) is 0 Å². The third kappa shape index (κ3) is 4.47. The highest BCUT2D eigenvalue weighted by molar-refractivity contribution is 14.1. The predicted octanol–water partition coefficient (Wildman–Crippen LogP) is 3.45. The molecule has 2 rings (SSSR count). The van der Waals surface area contributed by atoms with Gasteiger partial charge in [0, 0.05) is 16.2 Å². The summed E-state index contributed by atoms with van der Waals surface area (Å²) in [6.07, 6.45) is 2.91. The monoisotopic (exact) mass is 345 g/mol. The average molecular weight is 345 g/mol. The molecule has 0 aliphatic heterocycles. The van der Waals surface area contributed by atoms with Crippen molar-refractivity contribution < 1.29 is 4.74 Å². The van der Waals surface area contributed by atoms with E-state index in [1.54, 1.807) is 0 Å². The van der Waals surface area contributed by atoms with Crippen LogP contribution in [0.3, 0.4) is 0 Å². The van der Waals surface area contributed by atoms with E-state index in [1.165, 1.54) is 16.4 Å². The summed E-state index contributed by atoms with van der Waals surface area (Å²) in [5.74, 6) is 1.51. The molecule has 1 aliphatic carbocycles. The van der Waals surface area contributed by atoms with E-state index in [4.69, 9.17) is 4.74 Å². The van der Waals surface area contributed by atoms with Gasteiger partial charge in [0.1, 0.15) is 11.9 Å². The molecule has 2 nitrogen and oxygen atoms in total. The van der Waals surface area contributed by atoms with E-state index in [0.29, 0.717) is 5.92 Å². The third-order valence-electron chi connectivity index (χ3n) is 3.01. The molecule has 3 heteroatoms. The Morgan fingerprint density at radius 2 is 2.18 bits per heavy atom. The Morgan fingerprint density at radius 3 is 2.76 bits per heavy atom. The number of halogens is 1. The van der Waals surface area contributed by atoms with Crippen LogP contribution in [-0.2, 0) is 0 Å². The summed E-state index contributed by atoms with van der Waals surface area (Å²) in [4.78, 5) is 0. The largest absolute Gasteiger partial charge is 0.489 e. The van der Waals surface area contributed by atoms with Crippen molar-refractivity contribution in [3.63, 3.8) is 0 Å². The molecule has 0 heterocycles. The molecule has 94 valence electrons. The van der Waals surface area contributed by atoms with Gasteiger partial charge >= 0.3 is 0 Å². The van der Waals surface area contributed by atoms with E-state index in [-0.39, 0.29) is 6.10 Å². The fourth-order valence-corrected chi connectivity index (χ4v) is 2.21. The topological polar surface area (TPSA) is 21.3 Å². The summed E-state index contributed by atoms with van der Waals surface area (Å²) >= 11 is 2.32. The Balaban J connectivity index is 1.91. The lowest BCUT2D eigenvalue weighted by molar-refractivity contribution is 0.148. The van der Waals surface area contributed by atoms with Crippen LogP contribution in [-0.4, -0.2) is 18.7 Å². The summed E-state index contributed by atoms with van der Waals surface area (Å²) in [5.41, 5.74) is 0. The Kier molecular flexibility index (Phi) is 4.68. The summed E-state index contributed by atoms with van der Waals surface area (Å²) in [5, 5.41) is 3.55. The second-order valence-electron chi connectivity index (χ2n) is 5.04. The van der Waals surface area contributed by atoms with Gasteiger partial charge in [-0.3, -0.25) is 0 Å². The summed E-state index contributed by atoms with van der Waals surface area (Å²) in [6, 6.07) is 9.00. The molecule has 17 heavy (non-hydrogen) atoms. The van der Waals surface area contributed by atoms with Crippen LogP contribution in [0, 0.1) is 9.49 Å². The zero-order chi connectivity index (χ0) is 12.3. The fourth-order valence-electron chi connectivity index (χ4n) is 1.70. The highest BCUT2D eigenvalue weighted by Gasteiger charge is 2.23. The van der Waals surface area contributed by atoms with E-state index >= 15 is 0 Å². The summed E-state index contributed by atoms with van der Waals surface area (Å²) in [6.45, 7) is 5.38. The van der Waals surface area contributed by atoms with Crippen molar-refractivity contribution in [3.05, 3.63) is 27.8 Å². The van der Waals surface area contributed by atoms with Crippen LogP contribution in [0.2, 0.25) is 0 Å². The Hall–Kier alpha value is -0.290. The fraction of sp³-hybridized carbons (Fsp3) is 0.571. The molecule has 1 aliphatic rings. The van der Waals surface area contributed by atoms with Gasteiger partial charge in [-0.15, -0.1) is 0 Å². The molecule has 1 unspecified atom stereocenters. The minimum Gasteiger partial charge on any atom is -0.489 e. The quantitative estimate of drug-likeness (QED) is 0.798. The molecule has 1 N–H and O–H groups in total. The molecule has 1 atom stereocenters. The van der Waals surface area contributed by atoms with E-state index in [0.717, 1.165) is 18.3 Å². The van der Waals surface area contributed by atoms with Gasteiger partial charge in [0.15, 0.2) is 0 Å². The third-order valence-corrected chi connectivity index (χ3v) is 3.68. The molecule has 0 bridgehead atoms. The zero-order valence-corrected chi connectivity index (χ0v) is 12.6. The molecule has 1 aromatic rings. The van der Waals surface area contributed by atoms with E-state index < -0.39 is 0 Å². The average Bonchev–Trinajstić information content (AvgIpc) is 3.07. The van der Waals surface area contributed by atoms with E-state index in [2.05, 4.69) is 53.9 Å². The van der Waals surface area contributed by atoms with Crippen LogP contribution in [0.15, 0.2) is 24.3 Å². The smallest absolute Gasteiger partial charge is 0.120 e. The first-order valence-electron chi connectivity index (χ1n) is 6.31. The lowest BCUT2D eigenvalue weighted by Crippen LogP contribution is -2.36. The SMILES string of the molecule is CC(C)C(CNC1CC1)Oc1cccc(I)c1. The molecular weight excluding hydrogens is 325 g/mol. The molecular formula is C14H20INO. The highest BCUT2D eigenvalue weighted by Crippen LogP contribution is 2.21. The van der Waals surface area contributed by atoms with E-state index in [1.807, 2.05) is 12.1 Å². The normalized spacial score (nSPS) is 17.2. The maximum absolute atomic E-state index is 6.07. The van der Waals surface area contributed by atoms with Crippen LogP contribution in [0.25, 0.3) is 0 Å². The maximum atomic E-state index is 6.07. The van der Waals surface area contributed by atoms with Crippen molar-refractivity contribution in [2.75, 3.05) is 6.54 Å². The molecule has 1 aromatic carbocycles. The van der Waals surface area contributed by atoms with Gasteiger partial charge in [-0.05, 0) is 59.5 Å². The Labute approximate surface area is 117 Å². The molecule has 0 radical (unpaired) electrons. The minimum atomic E-state index is 0.258. The number of rotatable bonds is 6. The Morgan fingerprint density at radius 1 is 1.41 bits per heavy atom. The predicted molar refractivity (Wildman–Crippen MR) is 79.4 cm³/mol. The molecule has 0 amide bonds. The van der Waals surface area contributed by atoms with Crippen LogP contribution in [0.4, 0.5) is 0 Å². The van der Waals surface area contributed by atoms with Gasteiger partial charge in [-0.1, -0.05) is 19.9 Å². The molecule has 0 spiro atoms. The highest BCUT2D eigenvalue weighted by atomic mass is 127. The van der Waals surface area contributed by atoms with Crippen molar-refractivity contribution in [1.82, 2.24) is 5.32 Å². The van der Waals surface area contributed by atoms with Gasteiger partial charge < -0.3 is 10.1 Å². The van der Waals surface area contributed by atoms with Crippen LogP contribution < -0.4 is 10.1 Å². The van der Waals surface area contributed by atoms with Gasteiger partial charge in [0.2, 0.25) is 0 Å². The number of hydrogen-bond donors (Lipinski definition) is 1. The first-order valence-corrected chi connectivity index (χ1v) is 7.38. The van der Waals surface area contributed by atoms with Crippen molar-refractivity contribution in [2.45, 2.75) is 38.8 Å². The van der Waals surface area contributed by atoms with Crippen molar-refractivity contribution >= 4 is 22.6 Å². The second kappa shape index (κ2) is 6.05. The lowest BCUT2D eigenvalue weighted by atomic mass is 10.1. The van der Waals surface area contributed by atoms with Crippen molar-refractivity contribution in [1.29, 1.82) is 0 Å². The first-order chi connectivity index (χ1) is 8.15. The van der Waals surface area contributed by atoms with Crippen molar-refractivity contribution in [2.24, 2.45) is 5.92 Å². The van der Waals surface area contributed by atoms with E-state index in [9.17, 15) is 0 Å². The van der Waals surface area contributed by atoms with Gasteiger partial charge in [0.25, 0.3) is 0 Å². The zero-order valence-electron chi connectivity index (χ0n) is 10.4. The second-order valence-corrected chi connectivity index (χ2v) is 6.29. The number of ether oxygens (including phenoxy) is 1. The van der Waals surface area contributed by atoms with Crippen LogP contribution >= 0.6 is 22.6 Å². The number of benzene rings is 1. The Bertz CT molecular complexity index is 363. The van der Waals surface area contributed by atoms with Crippen LogP contribution in [0.5, 0.6) is 5.75 Å². The number of hydrogen-bond acceptors (Lipinski definition) is 2. The standard InChI is InChI=1S/C14H20INO/c1-10(2)14(9-16-12-6-7-12)17-13-5-3-4-11(15)8-13/h3-5,8,10,12,14,16H,6-7,9H2,1-2H3. The lowest BCUT2D eigenvalue weighted by Gasteiger charge is -2.23. The van der Waals surface area contributed by atoms with Crippen LogP contribution in [0.1, 0.15) is 26.7 Å². The molecule has 0 aromatic heterocycles. The number of nitrogens with one attached hydrogen (secondary N) is 1. The molecule has 1 saturated carbocycles. The minimum absolute atomic E-state index is 0.258. The maximum Gasteiger partial charge on any atom is 0.120 e. The van der Waals surface area contributed by atoms with Gasteiger partial charge in [-0.25, -0.2) is 0 Å². The molecule has 1 fully saturated rings. The van der Waals surface area contributed by atoms with Gasteiger partial charge in [-0.2, -0.15) is 0 Å². The summed E-state index contributed by atoms with van der Waals surface area (Å²) < 4.78 is 7.29. The summed E-state index contributed by atoms with van der Waals surface area (Å²) in [7, 11) is 0. The molecule has 0 saturated heterocycles.